The molecule has 0 aliphatic heterocycles. The van der Waals surface area contributed by atoms with Crippen LogP contribution in [-0.2, 0) is 4.79 Å². The molecule has 2 aromatic rings. The Morgan fingerprint density at radius 1 is 1.35 bits per heavy atom. The molecule has 2 rings (SSSR count). The largest absolute Gasteiger partial charge is 0.320 e. The van der Waals surface area contributed by atoms with Crippen LogP contribution in [0.3, 0.4) is 0 Å². The highest BCUT2D eigenvalue weighted by Gasteiger charge is 2.19. The van der Waals surface area contributed by atoms with Crippen molar-refractivity contribution >= 4 is 34.8 Å². The number of nitrogens with two attached hydrogens (primary N) is 1. The van der Waals surface area contributed by atoms with Crippen LogP contribution in [-0.4, -0.2) is 27.1 Å². The number of anilines is 1. The Morgan fingerprint density at radius 3 is 2.70 bits per heavy atom. The average Bonchev–Trinajstić information content (AvgIpc) is 2.87. The average molecular weight is 314 g/mol. The van der Waals surface area contributed by atoms with Gasteiger partial charge in [0.2, 0.25) is 11.0 Å². The van der Waals surface area contributed by atoms with Gasteiger partial charge >= 0.3 is 0 Å². The van der Waals surface area contributed by atoms with Gasteiger partial charge in [0.1, 0.15) is 5.69 Å². The molecule has 2 heterocycles. The second-order valence-electron chi connectivity index (χ2n) is 4.39. The van der Waals surface area contributed by atoms with Crippen molar-refractivity contribution in [3.8, 4) is 10.7 Å². The minimum absolute atomic E-state index is 0. The molecule has 1 atom stereocenters. The van der Waals surface area contributed by atoms with Gasteiger partial charge in [-0.2, -0.15) is 0 Å². The maximum absolute atomic E-state index is 11.8. The van der Waals surface area contributed by atoms with Crippen LogP contribution in [0.15, 0.2) is 24.4 Å². The lowest BCUT2D eigenvalue weighted by Gasteiger charge is -2.13. The quantitative estimate of drug-likeness (QED) is 0.899. The topological polar surface area (TPSA) is 93.8 Å². The van der Waals surface area contributed by atoms with Gasteiger partial charge in [-0.05, 0) is 18.1 Å². The first kappa shape index (κ1) is 16.5. The second kappa shape index (κ2) is 7.28. The predicted octanol–water partition coefficient (Wildman–Crippen LogP) is 1.94. The zero-order valence-corrected chi connectivity index (χ0v) is 12.7. The maximum Gasteiger partial charge on any atom is 0.243 e. The van der Waals surface area contributed by atoms with Crippen molar-refractivity contribution in [1.29, 1.82) is 0 Å². The molecule has 2 aromatic heterocycles. The van der Waals surface area contributed by atoms with Crippen molar-refractivity contribution in [1.82, 2.24) is 15.2 Å². The van der Waals surface area contributed by atoms with Crippen LogP contribution in [0.25, 0.3) is 10.7 Å². The first-order valence-corrected chi connectivity index (χ1v) is 6.71. The summed E-state index contributed by atoms with van der Waals surface area (Å²) in [7, 11) is 0. The van der Waals surface area contributed by atoms with E-state index in [4.69, 9.17) is 5.73 Å². The molecule has 0 unspecified atom stereocenters. The third kappa shape index (κ3) is 3.96. The van der Waals surface area contributed by atoms with Crippen molar-refractivity contribution in [2.24, 2.45) is 11.7 Å². The number of nitrogens with zero attached hydrogens (tertiary/aromatic N) is 3. The van der Waals surface area contributed by atoms with E-state index in [1.807, 2.05) is 32.0 Å². The van der Waals surface area contributed by atoms with E-state index in [9.17, 15) is 4.79 Å². The van der Waals surface area contributed by atoms with E-state index in [0.29, 0.717) is 10.1 Å². The van der Waals surface area contributed by atoms with Crippen LogP contribution >= 0.6 is 23.7 Å². The monoisotopic (exact) mass is 313 g/mol. The van der Waals surface area contributed by atoms with Gasteiger partial charge < -0.3 is 5.73 Å². The first-order valence-electron chi connectivity index (χ1n) is 5.89. The number of carbonyl (C=O) groups is 1. The minimum atomic E-state index is -0.554. The fourth-order valence-corrected chi connectivity index (χ4v) is 2.08. The Bertz CT molecular complexity index is 560. The summed E-state index contributed by atoms with van der Waals surface area (Å²) in [5.74, 6) is -0.179. The lowest BCUT2D eigenvalue weighted by molar-refractivity contribution is -0.118. The molecular weight excluding hydrogens is 298 g/mol. The standard InChI is InChI=1S/C12H15N5OS.ClH/c1-7(2)9(13)10(18)15-12-17-16-11(19-12)8-5-3-4-6-14-8;/h3-7,9H,13H2,1-2H3,(H,15,17,18);1H/t9-;/m0./s1. The molecule has 8 heteroatoms. The van der Waals surface area contributed by atoms with Crippen LogP contribution in [0.2, 0.25) is 0 Å². The third-order valence-electron chi connectivity index (χ3n) is 2.56. The summed E-state index contributed by atoms with van der Waals surface area (Å²) >= 11 is 1.27. The van der Waals surface area contributed by atoms with Crippen molar-refractivity contribution in [3.05, 3.63) is 24.4 Å². The Labute approximate surface area is 127 Å². The van der Waals surface area contributed by atoms with E-state index >= 15 is 0 Å². The summed E-state index contributed by atoms with van der Waals surface area (Å²) in [5, 5.41) is 11.7. The van der Waals surface area contributed by atoms with E-state index in [-0.39, 0.29) is 24.2 Å². The number of aromatic nitrogens is 3. The SMILES string of the molecule is CC(C)[C@H](N)C(=O)Nc1nnc(-c2ccccn2)s1.Cl. The number of hydrogen-bond acceptors (Lipinski definition) is 6. The Kier molecular flexibility index (Phi) is 6.00. The smallest absolute Gasteiger partial charge is 0.243 e. The molecule has 3 N–H and O–H groups in total. The Morgan fingerprint density at radius 2 is 2.10 bits per heavy atom. The molecule has 1 amide bonds. The molecule has 0 bridgehead atoms. The summed E-state index contributed by atoms with van der Waals surface area (Å²) in [4.78, 5) is 16.0. The lowest BCUT2D eigenvalue weighted by Crippen LogP contribution is -2.39. The second-order valence-corrected chi connectivity index (χ2v) is 5.36. The van der Waals surface area contributed by atoms with Crippen LogP contribution in [0.5, 0.6) is 0 Å². The van der Waals surface area contributed by atoms with Crippen LogP contribution in [0.1, 0.15) is 13.8 Å². The van der Waals surface area contributed by atoms with Crippen LogP contribution in [0.4, 0.5) is 5.13 Å². The Hall–Kier alpha value is -1.57. The van der Waals surface area contributed by atoms with Gasteiger partial charge in [-0.15, -0.1) is 22.6 Å². The van der Waals surface area contributed by atoms with Crippen molar-refractivity contribution in [3.63, 3.8) is 0 Å². The van der Waals surface area contributed by atoms with Gasteiger partial charge in [0.15, 0.2) is 5.01 Å². The summed E-state index contributed by atoms with van der Waals surface area (Å²) < 4.78 is 0. The number of hydrogen-bond donors (Lipinski definition) is 2. The molecule has 0 aromatic carbocycles. The summed E-state index contributed by atoms with van der Waals surface area (Å²) in [5.41, 5.74) is 6.49. The van der Waals surface area contributed by atoms with Gasteiger partial charge in [-0.25, -0.2) is 0 Å². The highest BCUT2D eigenvalue weighted by atomic mass is 35.5. The number of carbonyl (C=O) groups excluding carboxylic acids is 1. The van der Waals surface area contributed by atoms with Gasteiger partial charge in [0.05, 0.1) is 6.04 Å². The van der Waals surface area contributed by atoms with Gasteiger partial charge in [0, 0.05) is 6.20 Å². The third-order valence-corrected chi connectivity index (χ3v) is 3.42. The number of amides is 1. The molecule has 0 spiro atoms. The van der Waals surface area contributed by atoms with Gasteiger partial charge in [-0.3, -0.25) is 15.1 Å². The van der Waals surface area contributed by atoms with Gasteiger partial charge in [0.25, 0.3) is 0 Å². The number of pyridine rings is 1. The summed E-state index contributed by atoms with van der Waals surface area (Å²) in [6.45, 7) is 3.79. The molecular formula is C12H16ClN5OS. The van der Waals surface area contributed by atoms with Crippen molar-refractivity contribution in [2.75, 3.05) is 5.32 Å². The van der Waals surface area contributed by atoms with Crippen LogP contribution < -0.4 is 11.1 Å². The lowest BCUT2D eigenvalue weighted by atomic mass is 10.1. The molecule has 0 saturated heterocycles. The highest BCUT2D eigenvalue weighted by Crippen LogP contribution is 2.24. The molecule has 6 nitrogen and oxygen atoms in total. The fraction of sp³-hybridized carbons (Fsp3) is 0.333. The highest BCUT2D eigenvalue weighted by molar-refractivity contribution is 7.18. The number of rotatable bonds is 4. The van der Waals surface area contributed by atoms with E-state index < -0.39 is 6.04 Å². The molecule has 0 aliphatic rings. The van der Waals surface area contributed by atoms with E-state index in [2.05, 4.69) is 20.5 Å². The first-order chi connectivity index (χ1) is 9.08. The predicted molar refractivity (Wildman–Crippen MR) is 81.8 cm³/mol. The van der Waals surface area contributed by atoms with Crippen molar-refractivity contribution < 1.29 is 4.79 Å². The fourth-order valence-electron chi connectivity index (χ4n) is 1.36. The molecule has 0 aliphatic carbocycles. The molecule has 108 valence electrons. The Balaban J connectivity index is 0.00000200. The summed E-state index contributed by atoms with van der Waals surface area (Å²) in [6, 6.07) is 4.99. The molecule has 0 radical (unpaired) electrons. The normalized spacial score (nSPS) is 11.8. The van der Waals surface area contributed by atoms with Gasteiger partial charge in [-0.1, -0.05) is 31.3 Å². The van der Waals surface area contributed by atoms with E-state index in [1.54, 1.807) is 6.20 Å². The molecule has 20 heavy (non-hydrogen) atoms. The zero-order valence-electron chi connectivity index (χ0n) is 11.1. The number of nitrogens with one attached hydrogen (secondary N) is 1. The maximum atomic E-state index is 11.8. The van der Waals surface area contributed by atoms with Crippen LogP contribution in [0, 0.1) is 5.92 Å². The molecule has 0 saturated carbocycles. The molecule has 0 fully saturated rings. The van der Waals surface area contributed by atoms with Crippen molar-refractivity contribution in [2.45, 2.75) is 19.9 Å². The minimum Gasteiger partial charge on any atom is -0.320 e. The number of halogens is 1. The van der Waals surface area contributed by atoms with E-state index in [1.165, 1.54) is 11.3 Å². The van der Waals surface area contributed by atoms with E-state index in [0.717, 1.165) is 5.69 Å². The zero-order chi connectivity index (χ0) is 13.8. The summed E-state index contributed by atoms with van der Waals surface area (Å²) in [6.07, 6.45) is 1.68.